The van der Waals surface area contributed by atoms with Crippen molar-refractivity contribution in [1.29, 1.82) is 0 Å². The molecular formula is C13H15NO4S2. The van der Waals surface area contributed by atoms with Crippen molar-refractivity contribution in [1.82, 2.24) is 5.32 Å². The molecule has 1 N–H and O–H groups in total. The summed E-state index contributed by atoms with van der Waals surface area (Å²) in [5.74, 6) is 0.128. The van der Waals surface area contributed by atoms with Crippen molar-refractivity contribution in [2.24, 2.45) is 0 Å². The summed E-state index contributed by atoms with van der Waals surface area (Å²) in [6.45, 7) is 0. The molecule has 0 fully saturated rings. The maximum atomic E-state index is 12.0. The van der Waals surface area contributed by atoms with E-state index < -0.39 is 19.7 Å². The Kier molecular flexibility index (Phi) is 3.23. The van der Waals surface area contributed by atoms with Gasteiger partial charge >= 0.3 is 0 Å². The summed E-state index contributed by atoms with van der Waals surface area (Å²) >= 11 is 0. The Morgan fingerprint density at radius 3 is 2.55 bits per heavy atom. The van der Waals surface area contributed by atoms with Crippen LogP contribution in [0.15, 0.2) is 40.6 Å². The maximum Gasteiger partial charge on any atom is 0.178 e. The van der Waals surface area contributed by atoms with Crippen LogP contribution in [0.4, 0.5) is 0 Å². The number of sulfone groups is 2. The highest BCUT2D eigenvalue weighted by molar-refractivity contribution is 7.94. The highest BCUT2D eigenvalue weighted by atomic mass is 32.2. The number of rotatable bonds is 2. The fraction of sp³-hybridized carbons (Fsp3) is 0.385. The monoisotopic (exact) mass is 313 g/mol. The SMILES string of the molecule is O=S1(=O)C=CC(NC2CCS(=O)(=O)c3ccccc32)C1. The van der Waals surface area contributed by atoms with Gasteiger partial charge in [0.1, 0.15) is 0 Å². The van der Waals surface area contributed by atoms with Gasteiger partial charge < -0.3 is 5.32 Å². The third-order valence-corrected chi connectivity index (χ3v) is 6.86. The summed E-state index contributed by atoms with van der Waals surface area (Å²) in [6, 6.07) is 6.53. The molecular weight excluding hydrogens is 298 g/mol. The quantitative estimate of drug-likeness (QED) is 0.874. The largest absolute Gasteiger partial charge is 0.303 e. The average molecular weight is 313 g/mol. The molecule has 0 amide bonds. The summed E-state index contributed by atoms with van der Waals surface area (Å²) in [4.78, 5) is 0.355. The normalized spacial score (nSPS) is 30.0. The van der Waals surface area contributed by atoms with Crippen LogP contribution >= 0.6 is 0 Å². The van der Waals surface area contributed by atoms with E-state index in [4.69, 9.17) is 0 Å². The second-order valence-corrected chi connectivity index (χ2v) is 9.14. The van der Waals surface area contributed by atoms with Gasteiger partial charge in [-0.2, -0.15) is 0 Å². The summed E-state index contributed by atoms with van der Waals surface area (Å²) in [6.07, 6.45) is 2.09. The first-order valence-electron chi connectivity index (χ1n) is 6.36. The van der Waals surface area contributed by atoms with Crippen molar-refractivity contribution in [2.75, 3.05) is 11.5 Å². The molecule has 0 aromatic heterocycles. The standard InChI is InChI=1S/C13H15NO4S2/c15-19(16)7-5-10(9-19)14-12-6-8-20(17,18)13-4-2-1-3-11(12)13/h1-5,7,10,12,14H,6,8-9H2. The van der Waals surface area contributed by atoms with Crippen LogP contribution in [-0.2, 0) is 19.7 Å². The fourth-order valence-electron chi connectivity index (χ4n) is 2.70. The molecule has 2 heterocycles. The van der Waals surface area contributed by atoms with Gasteiger partial charge in [0, 0.05) is 17.5 Å². The molecule has 0 bridgehead atoms. The zero-order valence-electron chi connectivity index (χ0n) is 10.7. The number of benzene rings is 1. The van der Waals surface area contributed by atoms with Gasteiger partial charge in [-0.15, -0.1) is 0 Å². The van der Waals surface area contributed by atoms with E-state index >= 15 is 0 Å². The van der Waals surface area contributed by atoms with E-state index in [0.717, 1.165) is 5.56 Å². The van der Waals surface area contributed by atoms with Crippen LogP contribution in [0.2, 0.25) is 0 Å². The van der Waals surface area contributed by atoms with E-state index in [9.17, 15) is 16.8 Å². The first-order chi connectivity index (χ1) is 9.37. The Morgan fingerprint density at radius 1 is 1.10 bits per heavy atom. The third kappa shape index (κ3) is 2.53. The van der Waals surface area contributed by atoms with Gasteiger partial charge in [-0.25, -0.2) is 16.8 Å². The van der Waals surface area contributed by atoms with Crippen LogP contribution in [0.3, 0.4) is 0 Å². The van der Waals surface area contributed by atoms with Gasteiger partial charge in [-0.1, -0.05) is 24.3 Å². The van der Waals surface area contributed by atoms with E-state index in [0.29, 0.717) is 11.3 Å². The van der Waals surface area contributed by atoms with E-state index in [1.807, 2.05) is 0 Å². The van der Waals surface area contributed by atoms with Crippen molar-refractivity contribution >= 4 is 19.7 Å². The van der Waals surface area contributed by atoms with Gasteiger partial charge in [0.15, 0.2) is 19.7 Å². The van der Waals surface area contributed by atoms with E-state index in [-0.39, 0.29) is 23.6 Å². The minimum atomic E-state index is -3.21. The van der Waals surface area contributed by atoms with Crippen molar-refractivity contribution in [3.8, 4) is 0 Å². The van der Waals surface area contributed by atoms with Crippen LogP contribution in [0, 0.1) is 0 Å². The highest BCUT2D eigenvalue weighted by Gasteiger charge is 2.32. The lowest BCUT2D eigenvalue weighted by Crippen LogP contribution is -2.37. The molecule has 2 aliphatic heterocycles. The number of hydrogen-bond acceptors (Lipinski definition) is 5. The average Bonchev–Trinajstić information content (AvgIpc) is 2.73. The zero-order chi connectivity index (χ0) is 14.4. The zero-order valence-corrected chi connectivity index (χ0v) is 12.3. The highest BCUT2D eigenvalue weighted by Crippen LogP contribution is 2.32. The predicted molar refractivity (Wildman–Crippen MR) is 75.7 cm³/mol. The molecule has 2 atom stereocenters. The van der Waals surface area contributed by atoms with E-state index in [1.54, 1.807) is 30.3 Å². The van der Waals surface area contributed by atoms with E-state index in [1.165, 1.54) is 5.41 Å². The Hall–Kier alpha value is -1.18. The van der Waals surface area contributed by atoms with Gasteiger partial charge in [-0.3, -0.25) is 0 Å². The molecule has 0 saturated carbocycles. The van der Waals surface area contributed by atoms with Crippen LogP contribution in [0.5, 0.6) is 0 Å². The van der Waals surface area contributed by atoms with Crippen LogP contribution in [0.25, 0.3) is 0 Å². The molecule has 20 heavy (non-hydrogen) atoms. The number of hydrogen-bond donors (Lipinski definition) is 1. The number of fused-ring (bicyclic) bond motifs is 1. The molecule has 7 heteroatoms. The van der Waals surface area contributed by atoms with Crippen molar-refractivity contribution in [3.05, 3.63) is 41.3 Å². The topological polar surface area (TPSA) is 80.3 Å². The third-order valence-electron chi connectivity index (χ3n) is 3.65. The first-order valence-corrected chi connectivity index (χ1v) is 9.73. The molecule has 108 valence electrons. The fourth-order valence-corrected chi connectivity index (χ4v) is 5.57. The van der Waals surface area contributed by atoms with Gasteiger partial charge in [-0.05, 0) is 18.1 Å². The van der Waals surface area contributed by atoms with Gasteiger partial charge in [0.05, 0.1) is 16.4 Å². The number of nitrogens with one attached hydrogen (secondary N) is 1. The predicted octanol–water partition coefficient (Wildman–Crippen LogP) is 0.805. The van der Waals surface area contributed by atoms with Gasteiger partial charge in [0.25, 0.3) is 0 Å². The molecule has 3 rings (SSSR count). The van der Waals surface area contributed by atoms with Crippen molar-refractivity contribution in [2.45, 2.75) is 23.4 Å². The summed E-state index contributed by atoms with van der Waals surface area (Å²) in [5, 5.41) is 4.46. The first kappa shape index (κ1) is 13.8. The van der Waals surface area contributed by atoms with Crippen LogP contribution < -0.4 is 5.32 Å². The molecule has 0 spiro atoms. The second-order valence-electron chi connectivity index (χ2n) is 5.13. The lowest BCUT2D eigenvalue weighted by molar-refractivity contribution is 0.471. The molecule has 1 aromatic carbocycles. The van der Waals surface area contributed by atoms with Gasteiger partial charge in [0.2, 0.25) is 0 Å². The molecule has 0 radical (unpaired) electrons. The Balaban J connectivity index is 1.88. The Labute approximate surface area is 118 Å². The smallest absolute Gasteiger partial charge is 0.178 e. The minimum Gasteiger partial charge on any atom is -0.303 e. The summed E-state index contributed by atoms with van der Waals surface area (Å²) in [5.41, 5.74) is 0.733. The molecule has 2 aliphatic rings. The lowest BCUT2D eigenvalue weighted by atomic mass is 10.0. The summed E-state index contributed by atoms with van der Waals surface area (Å²) < 4.78 is 46.9. The minimum absolute atomic E-state index is 0.0401. The van der Waals surface area contributed by atoms with Crippen LogP contribution in [-0.4, -0.2) is 34.4 Å². The molecule has 0 aliphatic carbocycles. The second kappa shape index (κ2) is 4.68. The molecule has 2 unspecified atom stereocenters. The van der Waals surface area contributed by atoms with E-state index in [2.05, 4.69) is 5.32 Å². The Morgan fingerprint density at radius 2 is 1.85 bits per heavy atom. The summed E-state index contributed by atoms with van der Waals surface area (Å²) in [7, 11) is -6.32. The van der Waals surface area contributed by atoms with Crippen LogP contribution in [0.1, 0.15) is 18.0 Å². The molecule has 1 aromatic rings. The Bertz CT molecular complexity index is 765. The molecule has 0 saturated heterocycles. The lowest BCUT2D eigenvalue weighted by Gasteiger charge is -2.28. The molecule has 5 nitrogen and oxygen atoms in total. The van der Waals surface area contributed by atoms with Crippen molar-refractivity contribution in [3.63, 3.8) is 0 Å². The maximum absolute atomic E-state index is 12.0. The van der Waals surface area contributed by atoms with Crippen molar-refractivity contribution < 1.29 is 16.8 Å².